The van der Waals surface area contributed by atoms with Crippen molar-refractivity contribution in [1.29, 1.82) is 0 Å². The number of rotatable bonds is 4. The predicted octanol–water partition coefficient (Wildman–Crippen LogP) is 4.29. The molecule has 2 fully saturated rings. The Labute approximate surface area is 192 Å². The zero-order valence-electron chi connectivity index (χ0n) is 17.2. The number of aromatic nitrogens is 2. The zero-order valence-corrected chi connectivity index (χ0v) is 19.3. The number of imidazole rings is 1. The van der Waals surface area contributed by atoms with Crippen molar-refractivity contribution >= 4 is 28.5 Å². The monoisotopic (exact) mass is 548 g/mol. The fourth-order valence-electron chi connectivity index (χ4n) is 4.45. The Kier molecular flexibility index (Phi) is 6.47. The molecule has 0 spiro atoms. The second-order valence-corrected chi connectivity index (χ2v) is 8.99. The number of carbonyl (C=O) groups excluding carboxylic acids is 1. The zero-order chi connectivity index (χ0) is 22.2. The highest BCUT2D eigenvalue weighted by Gasteiger charge is 2.32. The minimum Gasteiger partial charge on any atom is -0.406 e. The molecule has 2 aromatic rings. The molecule has 0 bridgehead atoms. The Morgan fingerprint density at radius 3 is 2.29 bits per heavy atom. The number of nitrogens with zero attached hydrogens (tertiary/aromatic N) is 4. The molecule has 10 heteroatoms. The van der Waals surface area contributed by atoms with E-state index in [1.54, 1.807) is 11.6 Å². The molecule has 1 aromatic carbocycles. The van der Waals surface area contributed by atoms with Crippen LogP contribution in [-0.2, 0) is 7.05 Å². The summed E-state index contributed by atoms with van der Waals surface area (Å²) in [7, 11) is 1.76. The Morgan fingerprint density at radius 1 is 1.10 bits per heavy atom. The molecule has 0 unspecified atom stereocenters. The van der Waals surface area contributed by atoms with Gasteiger partial charge in [0, 0.05) is 31.7 Å². The Hall–Kier alpha value is -1.82. The molecule has 168 valence electrons. The van der Waals surface area contributed by atoms with Crippen molar-refractivity contribution in [2.24, 2.45) is 7.05 Å². The number of ether oxygens (including phenoxy) is 1. The second-order valence-electron chi connectivity index (χ2n) is 7.97. The maximum Gasteiger partial charge on any atom is 0.573 e. The number of likely N-dealkylation sites (tertiary alicyclic amines) is 2. The van der Waals surface area contributed by atoms with E-state index in [1.807, 2.05) is 27.5 Å². The third-order valence-corrected chi connectivity index (χ3v) is 6.76. The minimum atomic E-state index is -4.73. The van der Waals surface area contributed by atoms with Crippen molar-refractivity contribution < 1.29 is 22.7 Å². The summed E-state index contributed by atoms with van der Waals surface area (Å²) in [6, 6.07) is 6.07. The van der Waals surface area contributed by atoms with Gasteiger partial charge in [-0.15, -0.1) is 13.2 Å². The maximum atomic E-state index is 13.2. The van der Waals surface area contributed by atoms with Gasteiger partial charge in [-0.1, -0.05) is 0 Å². The van der Waals surface area contributed by atoms with Crippen LogP contribution >= 0.6 is 22.6 Å². The third kappa shape index (κ3) is 5.00. The molecule has 2 aliphatic heterocycles. The summed E-state index contributed by atoms with van der Waals surface area (Å²) in [4.78, 5) is 22.2. The molecule has 1 amide bonds. The lowest BCUT2D eigenvalue weighted by molar-refractivity contribution is -0.274. The van der Waals surface area contributed by atoms with Crippen LogP contribution in [-0.4, -0.2) is 63.8 Å². The van der Waals surface area contributed by atoms with E-state index >= 15 is 0 Å². The van der Waals surface area contributed by atoms with Gasteiger partial charge in [0.05, 0.1) is 0 Å². The van der Waals surface area contributed by atoms with E-state index in [0.29, 0.717) is 26.8 Å². The largest absolute Gasteiger partial charge is 0.573 e. The molecular weight excluding hydrogens is 524 g/mol. The van der Waals surface area contributed by atoms with E-state index in [4.69, 9.17) is 0 Å². The fourth-order valence-corrected chi connectivity index (χ4v) is 5.27. The quantitative estimate of drug-likeness (QED) is 0.536. The lowest BCUT2D eigenvalue weighted by atomic mass is 10.0. The van der Waals surface area contributed by atoms with Gasteiger partial charge in [-0.3, -0.25) is 4.79 Å². The lowest BCUT2D eigenvalue weighted by Crippen LogP contribution is -2.46. The molecule has 0 aliphatic carbocycles. The first kappa shape index (κ1) is 22.4. The van der Waals surface area contributed by atoms with Crippen LogP contribution < -0.4 is 4.74 Å². The SMILES string of the molecule is Cn1c(-c2ccc(OC(F)(F)F)cc2)nc(I)c1C(=O)N1CCC(N2CCCC2)CC1. The van der Waals surface area contributed by atoms with E-state index in [-0.39, 0.29) is 11.7 Å². The van der Waals surface area contributed by atoms with E-state index < -0.39 is 6.36 Å². The summed E-state index contributed by atoms with van der Waals surface area (Å²) in [5, 5.41) is 0. The van der Waals surface area contributed by atoms with Crippen molar-refractivity contribution in [2.75, 3.05) is 26.2 Å². The highest BCUT2D eigenvalue weighted by Crippen LogP contribution is 2.29. The number of hydrogen-bond acceptors (Lipinski definition) is 4. The molecule has 2 aliphatic rings. The van der Waals surface area contributed by atoms with Gasteiger partial charge in [-0.2, -0.15) is 0 Å². The number of hydrogen-bond donors (Lipinski definition) is 0. The first-order valence-electron chi connectivity index (χ1n) is 10.3. The van der Waals surface area contributed by atoms with Crippen LogP contribution in [0.4, 0.5) is 13.2 Å². The van der Waals surface area contributed by atoms with E-state index in [0.717, 1.165) is 39.0 Å². The first-order chi connectivity index (χ1) is 14.7. The maximum absolute atomic E-state index is 13.2. The van der Waals surface area contributed by atoms with Crippen LogP contribution in [0.1, 0.15) is 36.2 Å². The van der Waals surface area contributed by atoms with Crippen molar-refractivity contribution in [3.63, 3.8) is 0 Å². The predicted molar refractivity (Wildman–Crippen MR) is 118 cm³/mol. The standard InChI is InChI=1S/C21H24F3IN4O2/c1-27-17(20(30)29-12-8-15(9-13-29)28-10-2-3-11-28)18(25)26-19(27)14-4-6-16(7-5-14)31-21(22,23)24/h4-7,15H,2-3,8-13H2,1H3. The molecule has 0 radical (unpaired) electrons. The van der Waals surface area contributed by atoms with Crippen LogP contribution in [0.2, 0.25) is 0 Å². The van der Waals surface area contributed by atoms with Gasteiger partial charge in [-0.05, 0) is 85.6 Å². The molecule has 4 rings (SSSR count). The van der Waals surface area contributed by atoms with Gasteiger partial charge in [0.25, 0.3) is 5.91 Å². The van der Waals surface area contributed by atoms with Crippen LogP contribution in [0.25, 0.3) is 11.4 Å². The van der Waals surface area contributed by atoms with Crippen LogP contribution in [0.3, 0.4) is 0 Å². The summed E-state index contributed by atoms with van der Waals surface area (Å²) >= 11 is 2.04. The van der Waals surface area contributed by atoms with Crippen LogP contribution in [0.15, 0.2) is 24.3 Å². The topological polar surface area (TPSA) is 50.6 Å². The highest BCUT2D eigenvalue weighted by atomic mass is 127. The van der Waals surface area contributed by atoms with Gasteiger partial charge >= 0.3 is 6.36 Å². The van der Waals surface area contributed by atoms with Gasteiger partial charge in [0.15, 0.2) is 0 Å². The van der Waals surface area contributed by atoms with Crippen LogP contribution in [0.5, 0.6) is 5.75 Å². The molecule has 1 aromatic heterocycles. The number of piperidine rings is 1. The van der Waals surface area contributed by atoms with Crippen molar-refractivity contribution in [3.05, 3.63) is 33.7 Å². The summed E-state index contributed by atoms with van der Waals surface area (Å²) < 4.78 is 43.4. The Morgan fingerprint density at radius 2 is 1.71 bits per heavy atom. The average Bonchev–Trinajstić information content (AvgIpc) is 3.35. The summed E-state index contributed by atoms with van der Waals surface area (Å²) in [5.74, 6) is 0.179. The molecule has 2 saturated heterocycles. The summed E-state index contributed by atoms with van der Waals surface area (Å²) in [6.07, 6.45) is -0.250. The van der Waals surface area contributed by atoms with E-state index in [1.165, 1.54) is 37.1 Å². The number of carbonyl (C=O) groups is 1. The van der Waals surface area contributed by atoms with Gasteiger partial charge in [-0.25, -0.2) is 4.98 Å². The van der Waals surface area contributed by atoms with Gasteiger partial charge in [0.1, 0.15) is 21.0 Å². The molecular formula is C21H24F3IN4O2. The van der Waals surface area contributed by atoms with Gasteiger partial charge < -0.3 is 19.1 Å². The Bertz CT molecular complexity index is 931. The van der Waals surface area contributed by atoms with Crippen molar-refractivity contribution in [2.45, 2.75) is 38.1 Å². The number of halogens is 4. The molecule has 0 N–H and O–H groups in total. The molecule has 0 saturated carbocycles. The molecule has 31 heavy (non-hydrogen) atoms. The fraction of sp³-hybridized carbons (Fsp3) is 0.524. The highest BCUT2D eigenvalue weighted by molar-refractivity contribution is 14.1. The van der Waals surface area contributed by atoms with Gasteiger partial charge in [0.2, 0.25) is 0 Å². The smallest absolute Gasteiger partial charge is 0.406 e. The number of alkyl halides is 3. The lowest BCUT2D eigenvalue weighted by Gasteiger charge is -2.36. The van der Waals surface area contributed by atoms with Crippen molar-refractivity contribution in [3.8, 4) is 17.1 Å². The molecule has 6 nitrogen and oxygen atoms in total. The van der Waals surface area contributed by atoms with Crippen LogP contribution in [0, 0.1) is 3.70 Å². The summed E-state index contributed by atoms with van der Waals surface area (Å²) in [6.45, 7) is 3.77. The normalized spacial score (nSPS) is 18.5. The minimum absolute atomic E-state index is 0.0532. The van der Waals surface area contributed by atoms with E-state index in [2.05, 4.69) is 14.6 Å². The first-order valence-corrected chi connectivity index (χ1v) is 11.4. The van der Waals surface area contributed by atoms with Crippen molar-refractivity contribution in [1.82, 2.24) is 19.4 Å². The summed E-state index contributed by atoms with van der Waals surface area (Å²) in [5.41, 5.74) is 1.12. The number of amides is 1. The third-order valence-electron chi connectivity index (χ3n) is 6.01. The number of benzene rings is 1. The molecule has 0 atom stereocenters. The Balaban J connectivity index is 1.47. The van der Waals surface area contributed by atoms with E-state index in [9.17, 15) is 18.0 Å². The average molecular weight is 548 g/mol. The second kappa shape index (κ2) is 8.97. The molecule has 3 heterocycles.